The van der Waals surface area contributed by atoms with E-state index in [9.17, 15) is 25.5 Å². The third kappa shape index (κ3) is 5.02. The Balaban J connectivity index is 1.16. The molecule has 5 aliphatic rings. The molecule has 13 atom stereocenters. The standard InChI is InChI=1S/C33H49NO7/c1-16-11-26(36)28(34-14-16)18(3)21-7-8-22-23-6-5-19-12-20(9-10-33(19,4)25(23)13-24(22)17(21)2)40-32-31(39)30(38)29(37)27(15-35)41-32/h5,7-8,16,18,20,23,25-32,34-39H,6,9-15H2,1-4H3. The molecule has 0 aromatic heterocycles. The first-order chi connectivity index (χ1) is 19.5. The second-order valence-corrected chi connectivity index (χ2v) is 14.0. The molecule has 8 nitrogen and oxygen atoms in total. The first-order valence-corrected chi connectivity index (χ1v) is 15.7. The van der Waals surface area contributed by atoms with Crippen LogP contribution in [-0.4, -0.2) is 87.6 Å². The molecule has 3 aliphatic carbocycles. The van der Waals surface area contributed by atoms with Crippen LogP contribution in [0, 0.1) is 24.2 Å². The van der Waals surface area contributed by atoms with E-state index in [-0.39, 0.29) is 29.6 Å². The number of allylic oxidation sites excluding steroid dienone is 1. The van der Waals surface area contributed by atoms with Gasteiger partial charge in [0.05, 0.1) is 18.8 Å². The third-order valence-corrected chi connectivity index (χ3v) is 11.6. The van der Waals surface area contributed by atoms with E-state index >= 15 is 0 Å². The summed E-state index contributed by atoms with van der Waals surface area (Å²) < 4.78 is 11.8. The maximum absolute atomic E-state index is 10.8. The lowest BCUT2D eigenvalue weighted by Crippen LogP contribution is -2.59. The fraction of sp³-hybridized carbons (Fsp3) is 0.758. The first-order valence-electron chi connectivity index (χ1n) is 15.7. The van der Waals surface area contributed by atoms with E-state index in [4.69, 9.17) is 9.47 Å². The summed E-state index contributed by atoms with van der Waals surface area (Å²) in [5.41, 5.74) is 7.20. The van der Waals surface area contributed by atoms with Gasteiger partial charge in [0, 0.05) is 6.04 Å². The number of benzene rings is 1. The lowest BCUT2D eigenvalue weighted by molar-refractivity contribution is -0.312. The second kappa shape index (κ2) is 11.3. The minimum Gasteiger partial charge on any atom is -0.394 e. The van der Waals surface area contributed by atoms with Crippen LogP contribution in [0.4, 0.5) is 0 Å². The van der Waals surface area contributed by atoms with E-state index in [1.54, 1.807) is 0 Å². The predicted molar refractivity (Wildman–Crippen MR) is 154 cm³/mol. The number of ether oxygens (including phenoxy) is 2. The van der Waals surface area contributed by atoms with Crippen LogP contribution >= 0.6 is 0 Å². The summed E-state index contributed by atoms with van der Waals surface area (Å²) in [6.45, 7) is 9.63. The van der Waals surface area contributed by atoms with Crippen LogP contribution in [-0.2, 0) is 15.9 Å². The Hall–Kier alpha value is -1.36. The van der Waals surface area contributed by atoms with Gasteiger partial charge in [-0.1, -0.05) is 44.6 Å². The number of nitrogens with one attached hydrogen (secondary N) is 1. The van der Waals surface area contributed by atoms with Crippen LogP contribution in [0.2, 0.25) is 0 Å². The maximum Gasteiger partial charge on any atom is 0.186 e. The van der Waals surface area contributed by atoms with Crippen molar-refractivity contribution in [2.45, 2.75) is 127 Å². The summed E-state index contributed by atoms with van der Waals surface area (Å²) in [4.78, 5) is 0. The van der Waals surface area contributed by atoms with Gasteiger partial charge in [-0.15, -0.1) is 0 Å². The highest BCUT2D eigenvalue weighted by Crippen LogP contribution is 2.60. The summed E-state index contributed by atoms with van der Waals surface area (Å²) in [7, 11) is 0. The van der Waals surface area contributed by atoms with Gasteiger partial charge in [-0.25, -0.2) is 0 Å². The van der Waals surface area contributed by atoms with Gasteiger partial charge in [-0.05, 0) is 103 Å². The molecule has 1 aromatic carbocycles. The van der Waals surface area contributed by atoms with Gasteiger partial charge in [0.2, 0.25) is 0 Å². The monoisotopic (exact) mass is 571 g/mol. The predicted octanol–water partition coefficient (Wildman–Crippen LogP) is 2.42. The second-order valence-electron chi connectivity index (χ2n) is 14.0. The average molecular weight is 572 g/mol. The number of rotatable bonds is 5. The van der Waals surface area contributed by atoms with Crippen molar-refractivity contribution < 1.29 is 35.0 Å². The lowest BCUT2D eigenvalue weighted by atomic mass is 9.57. The molecule has 2 heterocycles. The number of aliphatic hydroxyl groups excluding tert-OH is 5. The van der Waals surface area contributed by atoms with Crippen LogP contribution in [0.25, 0.3) is 0 Å². The molecule has 3 fully saturated rings. The molecule has 1 aromatic rings. The van der Waals surface area contributed by atoms with E-state index < -0.39 is 37.3 Å². The molecule has 6 N–H and O–H groups in total. The highest BCUT2D eigenvalue weighted by atomic mass is 16.7. The number of hydrogen-bond acceptors (Lipinski definition) is 8. The fourth-order valence-corrected chi connectivity index (χ4v) is 8.96. The Labute approximate surface area is 243 Å². The molecular formula is C33H49NO7. The van der Waals surface area contributed by atoms with Gasteiger partial charge >= 0.3 is 0 Å². The van der Waals surface area contributed by atoms with Gasteiger partial charge in [0.1, 0.15) is 24.4 Å². The average Bonchev–Trinajstić information content (AvgIpc) is 3.34. The van der Waals surface area contributed by atoms with E-state index in [0.717, 1.165) is 45.1 Å². The number of hydrogen-bond donors (Lipinski definition) is 6. The molecule has 41 heavy (non-hydrogen) atoms. The zero-order valence-electron chi connectivity index (χ0n) is 24.9. The van der Waals surface area contributed by atoms with Crippen molar-refractivity contribution >= 4 is 0 Å². The Morgan fingerprint density at radius 1 is 1.12 bits per heavy atom. The summed E-state index contributed by atoms with van der Waals surface area (Å²) in [6, 6.07) is 4.77. The van der Waals surface area contributed by atoms with Crippen molar-refractivity contribution in [3.8, 4) is 0 Å². The molecule has 0 amide bonds. The summed E-state index contributed by atoms with van der Waals surface area (Å²) in [6.07, 6.45) is 1.14. The fourth-order valence-electron chi connectivity index (χ4n) is 8.96. The normalized spacial score (nSPS) is 44.9. The highest BCUT2D eigenvalue weighted by molar-refractivity contribution is 5.50. The molecule has 0 radical (unpaired) electrons. The Morgan fingerprint density at radius 2 is 1.90 bits per heavy atom. The highest BCUT2D eigenvalue weighted by Gasteiger charge is 2.52. The van der Waals surface area contributed by atoms with Crippen LogP contribution in [0.15, 0.2) is 23.8 Å². The van der Waals surface area contributed by atoms with Crippen molar-refractivity contribution in [3.05, 3.63) is 46.0 Å². The maximum atomic E-state index is 10.8. The molecule has 6 rings (SSSR count). The molecule has 1 saturated carbocycles. The van der Waals surface area contributed by atoms with Crippen LogP contribution in [0.1, 0.15) is 87.0 Å². The molecule has 228 valence electrons. The summed E-state index contributed by atoms with van der Waals surface area (Å²) in [5.74, 6) is 1.76. The SMILES string of the molecule is Cc1c(C(C)C2NCC(C)CC2O)ccc2c1CC1C2CC=C2CC(OC3OC(CO)C(O)C(O)C3O)CCC21C. The molecule has 13 unspecified atom stereocenters. The number of aliphatic hydroxyl groups is 5. The number of fused-ring (bicyclic) bond motifs is 5. The quantitative estimate of drug-likeness (QED) is 0.297. The van der Waals surface area contributed by atoms with Crippen molar-refractivity contribution in [2.75, 3.05) is 13.2 Å². The topological polar surface area (TPSA) is 132 Å². The first kappa shape index (κ1) is 29.7. The molecule has 0 spiro atoms. The lowest BCUT2D eigenvalue weighted by Gasteiger charge is -2.50. The van der Waals surface area contributed by atoms with E-state index in [1.807, 2.05) is 0 Å². The van der Waals surface area contributed by atoms with E-state index in [0.29, 0.717) is 17.8 Å². The summed E-state index contributed by atoms with van der Waals surface area (Å²) in [5, 5.41) is 54.8. The van der Waals surface area contributed by atoms with Crippen molar-refractivity contribution in [1.82, 2.24) is 5.32 Å². The minimum absolute atomic E-state index is 0.0622. The van der Waals surface area contributed by atoms with Gasteiger partial charge in [-0.3, -0.25) is 0 Å². The van der Waals surface area contributed by atoms with Gasteiger partial charge in [0.15, 0.2) is 6.29 Å². The Kier molecular flexibility index (Phi) is 8.18. The molecule has 2 aliphatic heterocycles. The zero-order chi connectivity index (χ0) is 29.2. The zero-order valence-corrected chi connectivity index (χ0v) is 24.9. The van der Waals surface area contributed by atoms with E-state index in [2.05, 4.69) is 51.2 Å². The number of piperidine rings is 1. The van der Waals surface area contributed by atoms with Crippen LogP contribution in [0.3, 0.4) is 0 Å². The Bertz CT molecular complexity index is 1150. The van der Waals surface area contributed by atoms with Gasteiger partial charge in [-0.2, -0.15) is 0 Å². The molecular weight excluding hydrogens is 522 g/mol. The van der Waals surface area contributed by atoms with Crippen LogP contribution < -0.4 is 5.32 Å². The largest absolute Gasteiger partial charge is 0.394 e. The smallest absolute Gasteiger partial charge is 0.186 e. The Morgan fingerprint density at radius 3 is 2.63 bits per heavy atom. The molecule has 8 heteroatoms. The summed E-state index contributed by atoms with van der Waals surface area (Å²) >= 11 is 0. The van der Waals surface area contributed by atoms with E-state index in [1.165, 1.54) is 27.8 Å². The van der Waals surface area contributed by atoms with Crippen LogP contribution in [0.5, 0.6) is 0 Å². The van der Waals surface area contributed by atoms with Crippen molar-refractivity contribution in [2.24, 2.45) is 17.3 Å². The molecule has 0 bridgehead atoms. The minimum atomic E-state index is -1.43. The molecule has 2 saturated heterocycles. The van der Waals surface area contributed by atoms with Crippen molar-refractivity contribution in [3.63, 3.8) is 0 Å². The van der Waals surface area contributed by atoms with Crippen molar-refractivity contribution in [1.29, 1.82) is 0 Å². The van der Waals surface area contributed by atoms with Gasteiger partial charge < -0.3 is 40.3 Å². The third-order valence-electron chi connectivity index (χ3n) is 11.6. The van der Waals surface area contributed by atoms with Gasteiger partial charge in [0.25, 0.3) is 0 Å².